The van der Waals surface area contributed by atoms with E-state index in [1.54, 1.807) is 12.5 Å². The van der Waals surface area contributed by atoms with E-state index in [-0.39, 0.29) is 6.04 Å². The zero-order valence-electron chi connectivity index (χ0n) is 9.72. The molecule has 1 aromatic heterocycles. The van der Waals surface area contributed by atoms with Gasteiger partial charge in [0.25, 0.3) is 0 Å². The second-order valence-electron chi connectivity index (χ2n) is 4.23. The first kappa shape index (κ1) is 10.9. The fraction of sp³-hybridized carbons (Fsp3) is 0.308. The van der Waals surface area contributed by atoms with Gasteiger partial charge in [0, 0.05) is 25.0 Å². The summed E-state index contributed by atoms with van der Waals surface area (Å²) in [7, 11) is 0. The van der Waals surface area contributed by atoms with Gasteiger partial charge < -0.3 is 10.3 Å². The average Bonchev–Trinajstić information content (AvgIpc) is 2.70. The Labute approximate surface area is 95.9 Å². The van der Waals surface area contributed by atoms with Crippen LogP contribution in [0.1, 0.15) is 22.7 Å². The quantitative estimate of drug-likeness (QED) is 0.853. The van der Waals surface area contributed by atoms with Crippen LogP contribution in [0.25, 0.3) is 0 Å². The second-order valence-corrected chi connectivity index (χ2v) is 4.23. The molecular formula is C13H17N3. The van der Waals surface area contributed by atoms with Crippen LogP contribution in [0.4, 0.5) is 0 Å². The van der Waals surface area contributed by atoms with Crippen molar-refractivity contribution in [1.82, 2.24) is 9.55 Å². The highest BCUT2D eigenvalue weighted by atomic mass is 15.0. The van der Waals surface area contributed by atoms with E-state index in [0.717, 1.165) is 6.54 Å². The van der Waals surface area contributed by atoms with Crippen molar-refractivity contribution in [3.63, 3.8) is 0 Å². The summed E-state index contributed by atoms with van der Waals surface area (Å²) in [4.78, 5) is 4.01. The molecule has 3 heteroatoms. The van der Waals surface area contributed by atoms with Crippen molar-refractivity contribution in [2.75, 3.05) is 0 Å². The molecule has 2 rings (SSSR count). The third-order valence-electron chi connectivity index (χ3n) is 2.79. The monoisotopic (exact) mass is 215 g/mol. The molecule has 0 fully saturated rings. The van der Waals surface area contributed by atoms with Gasteiger partial charge in [0.15, 0.2) is 0 Å². The third-order valence-corrected chi connectivity index (χ3v) is 2.79. The van der Waals surface area contributed by atoms with Gasteiger partial charge in [-0.25, -0.2) is 4.98 Å². The molecule has 2 aromatic rings. The Morgan fingerprint density at radius 1 is 1.38 bits per heavy atom. The molecule has 0 spiro atoms. The predicted octanol–water partition coefficient (Wildman–Crippen LogP) is 2.20. The van der Waals surface area contributed by atoms with Crippen molar-refractivity contribution in [1.29, 1.82) is 0 Å². The van der Waals surface area contributed by atoms with E-state index in [1.807, 2.05) is 10.8 Å². The molecule has 0 saturated heterocycles. The second kappa shape index (κ2) is 4.49. The van der Waals surface area contributed by atoms with Crippen LogP contribution in [0.2, 0.25) is 0 Å². The Hall–Kier alpha value is -1.61. The zero-order valence-corrected chi connectivity index (χ0v) is 9.72. The van der Waals surface area contributed by atoms with Gasteiger partial charge in [-0.05, 0) is 25.0 Å². The van der Waals surface area contributed by atoms with Gasteiger partial charge in [-0.15, -0.1) is 0 Å². The number of nitrogens with zero attached hydrogens (tertiary/aromatic N) is 2. The summed E-state index contributed by atoms with van der Waals surface area (Å²) in [5, 5.41) is 0. The molecule has 0 aliphatic rings. The number of aryl methyl sites for hydroxylation is 2. The number of aromatic nitrogens is 2. The maximum Gasteiger partial charge on any atom is 0.0946 e. The van der Waals surface area contributed by atoms with Crippen molar-refractivity contribution in [2.24, 2.45) is 5.73 Å². The van der Waals surface area contributed by atoms with Gasteiger partial charge in [0.2, 0.25) is 0 Å². The first-order valence-electron chi connectivity index (χ1n) is 5.45. The van der Waals surface area contributed by atoms with Crippen LogP contribution in [0.15, 0.2) is 36.9 Å². The Morgan fingerprint density at radius 3 is 2.81 bits per heavy atom. The van der Waals surface area contributed by atoms with Crippen LogP contribution in [-0.4, -0.2) is 9.55 Å². The number of imidazole rings is 1. The normalized spacial score (nSPS) is 12.7. The number of rotatable bonds is 3. The number of hydrogen-bond acceptors (Lipinski definition) is 2. The van der Waals surface area contributed by atoms with Gasteiger partial charge in [0.05, 0.1) is 6.33 Å². The zero-order chi connectivity index (χ0) is 11.5. The first-order chi connectivity index (χ1) is 7.66. The van der Waals surface area contributed by atoms with Gasteiger partial charge in [-0.1, -0.05) is 23.8 Å². The SMILES string of the molecule is Cc1ccc([C@H](N)Cn2ccnc2)c(C)c1. The van der Waals surface area contributed by atoms with E-state index in [0.29, 0.717) is 0 Å². The van der Waals surface area contributed by atoms with Gasteiger partial charge in [-0.2, -0.15) is 0 Å². The summed E-state index contributed by atoms with van der Waals surface area (Å²) in [6, 6.07) is 6.42. The van der Waals surface area contributed by atoms with Gasteiger partial charge in [0.1, 0.15) is 0 Å². The topological polar surface area (TPSA) is 43.8 Å². The molecule has 3 nitrogen and oxygen atoms in total. The maximum absolute atomic E-state index is 6.19. The molecule has 0 unspecified atom stereocenters. The van der Waals surface area contributed by atoms with E-state index in [9.17, 15) is 0 Å². The molecule has 2 N–H and O–H groups in total. The minimum atomic E-state index is 0.0230. The fourth-order valence-electron chi connectivity index (χ4n) is 1.96. The van der Waals surface area contributed by atoms with E-state index in [2.05, 4.69) is 37.0 Å². The van der Waals surface area contributed by atoms with Crippen molar-refractivity contribution in [3.05, 3.63) is 53.6 Å². The highest BCUT2D eigenvalue weighted by molar-refractivity contribution is 5.32. The van der Waals surface area contributed by atoms with Crippen molar-refractivity contribution < 1.29 is 0 Å². The lowest BCUT2D eigenvalue weighted by Gasteiger charge is -2.15. The molecule has 1 heterocycles. The van der Waals surface area contributed by atoms with Crippen LogP contribution >= 0.6 is 0 Å². The molecule has 0 aliphatic heterocycles. The van der Waals surface area contributed by atoms with Crippen molar-refractivity contribution >= 4 is 0 Å². The highest BCUT2D eigenvalue weighted by Gasteiger charge is 2.09. The van der Waals surface area contributed by atoms with Crippen LogP contribution in [0.3, 0.4) is 0 Å². The minimum Gasteiger partial charge on any atom is -0.336 e. The smallest absolute Gasteiger partial charge is 0.0946 e. The lowest BCUT2D eigenvalue weighted by Crippen LogP contribution is -2.17. The predicted molar refractivity (Wildman–Crippen MR) is 65.1 cm³/mol. The minimum absolute atomic E-state index is 0.0230. The molecule has 0 saturated carbocycles. The number of nitrogens with two attached hydrogens (primary N) is 1. The van der Waals surface area contributed by atoms with E-state index >= 15 is 0 Å². The molecule has 1 aromatic carbocycles. The molecule has 0 radical (unpaired) electrons. The molecule has 0 bridgehead atoms. The summed E-state index contributed by atoms with van der Waals surface area (Å²) in [5.74, 6) is 0. The fourth-order valence-corrected chi connectivity index (χ4v) is 1.96. The summed E-state index contributed by atoms with van der Waals surface area (Å²) < 4.78 is 2.00. The molecule has 0 amide bonds. The Kier molecular flexibility index (Phi) is 3.06. The summed E-state index contributed by atoms with van der Waals surface area (Å²) in [6.07, 6.45) is 5.50. The van der Waals surface area contributed by atoms with E-state index in [4.69, 9.17) is 5.73 Å². The summed E-state index contributed by atoms with van der Waals surface area (Å²) >= 11 is 0. The maximum atomic E-state index is 6.19. The van der Waals surface area contributed by atoms with Crippen LogP contribution in [-0.2, 0) is 6.54 Å². The molecule has 84 valence electrons. The van der Waals surface area contributed by atoms with Crippen molar-refractivity contribution in [3.8, 4) is 0 Å². The van der Waals surface area contributed by atoms with Gasteiger partial charge >= 0.3 is 0 Å². The van der Waals surface area contributed by atoms with Crippen LogP contribution in [0.5, 0.6) is 0 Å². The molecule has 0 aliphatic carbocycles. The van der Waals surface area contributed by atoms with Gasteiger partial charge in [-0.3, -0.25) is 0 Å². The molecular weight excluding hydrogens is 198 g/mol. The molecule has 16 heavy (non-hydrogen) atoms. The lowest BCUT2D eigenvalue weighted by molar-refractivity contribution is 0.574. The van der Waals surface area contributed by atoms with E-state index in [1.165, 1.54) is 16.7 Å². The van der Waals surface area contributed by atoms with Crippen molar-refractivity contribution in [2.45, 2.75) is 26.4 Å². The number of hydrogen-bond donors (Lipinski definition) is 1. The number of benzene rings is 1. The lowest BCUT2D eigenvalue weighted by atomic mass is 10.00. The Morgan fingerprint density at radius 2 is 2.19 bits per heavy atom. The van der Waals surface area contributed by atoms with Crippen LogP contribution < -0.4 is 5.73 Å². The van der Waals surface area contributed by atoms with E-state index < -0.39 is 0 Å². The first-order valence-corrected chi connectivity index (χ1v) is 5.45. The Bertz CT molecular complexity index is 460. The summed E-state index contributed by atoms with van der Waals surface area (Å²) in [5.41, 5.74) is 9.93. The highest BCUT2D eigenvalue weighted by Crippen LogP contribution is 2.18. The Balaban J connectivity index is 2.17. The largest absolute Gasteiger partial charge is 0.336 e. The van der Waals surface area contributed by atoms with Crippen LogP contribution in [0, 0.1) is 13.8 Å². The standard InChI is InChI=1S/C13H17N3/c1-10-3-4-12(11(2)7-10)13(14)8-16-6-5-15-9-16/h3-7,9,13H,8,14H2,1-2H3/t13-/m1/s1. The summed E-state index contributed by atoms with van der Waals surface area (Å²) in [6.45, 7) is 4.97. The average molecular weight is 215 g/mol. The third kappa shape index (κ3) is 2.31. The molecule has 1 atom stereocenters.